The third-order valence-electron chi connectivity index (χ3n) is 7.18. The summed E-state index contributed by atoms with van der Waals surface area (Å²) in [5.74, 6) is 1.23. The summed E-state index contributed by atoms with van der Waals surface area (Å²) in [4.78, 5) is 20.5. The summed E-state index contributed by atoms with van der Waals surface area (Å²) in [7, 11) is 0. The molecule has 3 aromatic rings. The van der Waals surface area contributed by atoms with Gasteiger partial charge in [-0.3, -0.25) is 9.47 Å². The summed E-state index contributed by atoms with van der Waals surface area (Å²) >= 11 is 0. The highest BCUT2D eigenvalue weighted by molar-refractivity contribution is 5.78. The first kappa shape index (κ1) is 24.8. The van der Waals surface area contributed by atoms with Crippen LogP contribution in [0.5, 0.6) is 0 Å². The van der Waals surface area contributed by atoms with Crippen LogP contribution in [0.3, 0.4) is 0 Å². The van der Waals surface area contributed by atoms with Gasteiger partial charge in [-0.05, 0) is 32.4 Å². The molecular weight excluding hydrogens is 468 g/mol. The number of aliphatic hydroxyl groups is 1. The number of fused-ring (bicyclic) bond motifs is 1. The van der Waals surface area contributed by atoms with Gasteiger partial charge in [0, 0.05) is 51.9 Å². The van der Waals surface area contributed by atoms with E-state index in [0.717, 1.165) is 39.1 Å². The van der Waals surface area contributed by atoms with Crippen molar-refractivity contribution in [2.75, 3.05) is 62.3 Å². The number of morpholine rings is 1. The lowest BCUT2D eigenvalue weighted by Crippen LogP contribution is -2.49. The normalized spacial score (nSPS) is 21.6. The zero-order chi connectivity index (χ0) is 25.2. The highest BCUT2D eigenvalue weighted by atomic mass is 19.3. The number of ether oxygens (including phenoxy) is 1. The van der Waals surface area contributed by atoms with Crippen molar-refractivity contribution in [1.82, 2.24) is 24.4 Å². The summed E-state index contributed by atoms with van der Waals surface area (Å²) in [6.07, 6.45) is -2.01. The maximum atomic E-state index is 14.1. The standard InChI is InChI=1S/C25H33F2N7O2/c1-17-18(2)36-15-13-33(17)22-16-21(32-11-9-31(10-12-32)8-5-14-35)29-25(30-22)34-20-7-4-3-6-19(20)28-24(34)23(26)27/h3-4,6-7,16-18,23,35H,5,8-15H2,1-2H3/t17-,18+/m0/s1. The largest absolute Gasteiger partial charge is 0.396 e. The van der Waals surface area contributed by atoms with Crippen molar-refractivity contribution in [3.63, 3.8) is 0 Å². The molecular formula is C25H33F2N7O2. The Labute approximate surface area is 209 Å². The highest BCUT2D eigenvalue weighted by Crippen LogP contribution is 2.31. The van der Waals surface area contributed by atoms with E-state index in [1.807, 2.05) is 13.0 Å². The molecule has 2 saturated heterocycles. The number of para-hydroxylation sites is 2. The smallest absolute Gasteiger partial charge is 0.296 e. The second-order valence-corrected chi connectivity index (χ2v) is 9.39. The molecule has 2 aromatic heterocycles. The number of alkyl halides is 2. The Hall–Kier alpha value is -2.89. The molecule has 2 fully saturated rings. The van der Waals surface area contributed by atoms with Crippen LogP contribution in [0.15, 0.2) is 30.3 Å². The van der Waals surface area contributed by atoms with Crippen LogP contribution in [-0.2, 0) is 4.74 Å². The van der Waals surface area contributed by atoms with Crippen molar-refractivity contribution in [1.29, 1.82) is 0 Å². The first-order valence-electron chi connectivity index (χ1n) is 12.6. The lowest BCUT2D eigenvalue weighted by atomic mass is 10.1. The number of imidazole rings is 1. The summed E-state index contributed by atoms with van der Waals surface area (Å²) in [6, 6.07) is 9.10. The minimum Gasteiger partial charge on any atom is -0.396 e. The van der Waals surface area contributed by atoms with Gasteiger partial charge in [-0.25, -0.2) is 13.8 Å². The van der Waals surface area contributed by atoms with Crippen molar-refractivity contribution in [3.05, 3.63) is 36.2 Å². The molecule has 1 N–H and O–H groups in total. The van der Waals surface area contributed by atoms with E-state index in [-0.39, 0.29) is 30.5 Å². The topological polar surface area (TPSA) is 82.8 Å². The number of aliphatic hydroxyl groups excluding tert-OH is 1. The maximum Gasteiger partial charge on any atom is 0.296 e. The van der Waals surface area contributed by atoms with Crippen molar-refractivity contribution in [3.8, 4) is 5.95 Å². The van der Waals surface area contributed by atoms with Gasteiger partial charge in [0.25, 0.3) is 6.43 Å². The molecule has 2 aliphatic heterocycles. The number of hydrogen-bond donors (Lipinski definition) is 1. The van der Waals surface area contributed by atoms with Crippen LogP contribution in [0, 0.1) is 0 Å². The molecule has 0 amide bonds. The fourth-order valence-electron chi connectivity index (χ4n) is 4.97. The van der Waals surface area contributed by atoms with Gasteiger partial charge in [0.1, 0.15) is 11.6 Å². The van der Waals surface area contributed by atoms with Crippen molar-refractivity contribution in [2.24, 2.45) is 0 Å². The van der Waals surface area contributed by atoms with Gasteiger partial charge in [0.2, 0.25) is 5.95 Å². The number of hydrogen-bond acceptors (Lipinski definition) is 8. The van der Waals surface area contributed by atoms with Crippen LogP contribution in [0.4, 0.5) is 20.4 Å². The number of aromatic nitrogens is 4. The monoisotopic (exact) mass is 501 g/mol. The molecule has 2 aliphatic rings. The van der Waals surface area contributed by atoms with Gasteiger partial charge in [-0.15, -0.1) is 0 Å². The molecule has 9 nitrogen and oxygen atoms in total. The predicted molar refractivity (Wildman–Crippen MR) is 134 cm³/mol. The first-order valence-corrected chi connectivity index (χ1v) is 12.6. The predicted octanol–water partition coefficient (Wildman–Crippen LogP) is 2.87. The Morgan fingerprint density at radius 3 is 2.53 bits per heavy atom. The van der Waals surface area contributed by atoms with Crippen molar-refractivity contribution < 1.29 is 18.6 Å². The van der Waals surface area contributed by atoms with Crippen LogP contribution in [-0.4, -0.2) is 94.2 Å². The zero-order valence-electron chi connectivity index (χ0n) is 20.7. The van der Waals surface area contributed by atoms with Crippen LogP contribution in [0.1, 0.15) is 32.5 Å². The van der Waals surface area contributed by atoms with Crippen molar-refractivity contribution in [2.45, 2.75) is 38.8 Å². The van der Waals surface area contributed by atoms with Gasteiger partial charge < -0.3 is 19.6 Å². The summed E-state index contributed by atoms with van der Waals surface area (Å²) in [6.45, 7) is 9.57. The summed E-state index contributed by atoms with van der Waals surface area (Å²) in [5, 5.41) is 9.15. The number of piperazine rings is 1. The van der Waals surface area contributed by atoms with Gasteiger partial charge in [-0.2, -0.15) is 9.97 Å². The molecule has 0 radical (unpaired) electrons. The molecule has 0 aliphatic carbocycles. The van der Waals surface area contributed by atoms with Crippen LogP contribution < -0.4 is 9.80 Å². The van der Waals surface area contributed by atoms with Crippen LogP contribution >= 0.6 is 0 Å². The average Bonchev–Trinajstić information content (AvgIpc) is 3.29. The molecule has 0 unspecified atom stereocenters. The van der Waals surface area contributed by atoms with Gasteiger partial charge >= 0.3 is 0 Å². The fourth-order valence-corrected chi connectivity index (χ4v) is 4.97. The molecule has 194 valence electrons. The molecule has 2 atom stereocenters. The van der Waals surface area contributed by atoms with Crippen molar-refractivity contribution >= 4 is 22.7 Å². The highest BCUT2D eigenvalue weighted by Gasteiger charge is 2.30. The Kier molecular flexibility index (Phi) is 7.31. The number of halogens is 2. The second-order valence-electron chi connectivity index (χ2n) is 9.39. The third-order valence-corrected chi connectivity index (χ3v) is 7.18. The van der Waals surface area contributed by atoms with E-state index in [4.69, 9.17) is 19.8 Å². The molecule has 0 spiro atoms. The molecule has 36 heavy (non-hydrogen) atoms. The minimum absolute atomic E-state index is 0.0152. The van der Waals surface area contributed by atoms with Gasteiger partial charge in [0.15, 0.2) is 5.82 Å². The molecule has 0 bridgehead atoms. The molecule has 11 heteroatoms. The summed E-state index contributed by atoms with van der Waals surface area (Å²) < 4.78 is 35.4. The Bertz CT molecular complexity index is 1180. The SMILES string of the molecule is C[C@H]1OCCN(c2cc(N3CCN(CCCO)CC3)nc(-n3c(C(F)F)nc4ccccc43)n2)[C@H]1C. The number of anilines is 2. The molecule has 4 heterocycles. The Morgan fingerprint density at radius 2 is 1.78 bits per heavy atom. The fraction of sp³-hybridized carbons (Fsp3) is 0.560. The van der Waals surface area contributed by atoms with E-state index < -0.39 is 6.43 Å². The minimum atomic E-state index is -2.77. The Balaban J connectivity index is 1.57. The quantitative estimate of drug-likeness (QED) is 0.529. The third kappa shape index (κ3) is 4.87. The Morgan fingerprint density at radius 1 is 1.03 bits per heavy atom. The molecule has 0 saturated carbocycles. The van der Waals surface area contributed by atoms with E-state index in [0.29, 0.717) is 35.8 Å². The van der Waals surface area contributed by atoms with E-state index in [1.54, 1.807) is 24.3 Å². The number of benzene rings is 1. The summed E-state index contributed by atoms with van der Waals surface area (Å²) in [5.41, 5.74) is 1.03. The van der Waals surface area contributed by atoms with E-state index in [9.17, 15) is 8.78 Å². The van der Waals surface area contributed by atoms with E-state index >= 15 is 0 Å². The number of nitrogens with zero attached hydrogens (tertiary/aromatic N) is 7. The molecule has 5 rings (SSSR count). The average molecular weight is 502 g/mol. The maximum absolute atomic E-state index is 14.1. The van der Waals surface area contributed by atoms with Crippen LogP contribution in [0.2, 0.25) is 0 Å². The van der Waals surface area contributed by atoms with Gasteiger partial charge in [0.05, 0.1) is 29.8 Å². The first-order chi connectivity index (χ1) is 17.5. The number of rotatable bonds is 7. The van der Waals surface area contributed by atoms with E-state index in [1.165, 1.54) is 4.57 Å². The second kappa shape index (κ2) is 10.6. The molecule has 1 aromatic carbocycles. The van der Waals surface area contributed by atoms with Crippen LogP contribution in [0.25, 0.3) is 17.0 Å². The lowest BCUT2D eigenvalue weighted by Gasteiger charge is -2.39. The van der Waals surface area contributed by atoms with E-state index in [2.05, 4.69) is 26.6 Å². The lowest BCUT2D eigenvalue weighted by molar-refractivity contribution is 0.0281. The zero-order valence-corrected chi connectivity index (χ0v) is 20.7. The van der Waals surface area contributed by atoms with Gasteiger partial charge in [-0.1, -0.05) is 12.1 Å².